The lowest BCUT2D eigenvalue weighted by molar-refractivity contribution is 0.396. The van der Waals surface area contributed by atoms with Gasteiger partial charge in [0.2, 0.25) is 0 Å². The quantitative estimate of drug-likeness (QED) is 0.927. The summed E-state index contributed by atoms with van der Waals surface area (Å²) in [7, 11) is 3.28. The minimum absolute atomic E-state index is 0.0665. The van der Waals surface area contributed by atoms with Crippen molar-refractivity contribution in [1.82, 2.24) is 0 Å². The summed E-state index contributed by atoms with van der Waals surface area (Å²) in [5, 5.41) is 3.40. The lowest BCUT2D eigenvalue weighted by atomic mass is 10.0. The van der Waals surface area contributed by atoms with E-state index in [1.54, 1.807) is 26.4 Å². The first-order valence-corrected chi connectivity index (χ1v) is 6.48. The molecule has 2 aromatic carbocycles. The third-order valence-corrected chi connectivity index (χ3v) is 3.63. The Morgan fingerprint density at radius 2 is 1.95 bits per heavy atom. The molecule has 1 heterocycles. The van der Waals surface area contributed by atoms with Crippen molar-refractivity contribution in [1.29, 1.82) is 0 Å². The average molecular weight is 273 g/mol. The molecular formula is C16H16FNO2. The van der Waals surface area contributed by atoms with E-state index < -0.39 is 0 Å². The van der Waals surface area contributed by atoms with E-state index in [1.165, 1.54) is 6.07 Å². The van der Waals surface area contributed by atoms with Crippen molar-refractivity contribution in [2.24, 2.45) is 0 Å². The van der Waals surface area contributed by atoms with Gasteiger partial charge in [-0.2, -0.15) is 0 Å². The first-order chi connectivity index (χ1) is 9.71. The summed E-state index contributed by atoms with van der Waals surface area (Å²) in [5.74, 6) is 1.38. The normalized spacial score (nSPS) is 16.4. The van der Waals surface area contributed by atoms with Crippen molar-refractivity contribution in [3.05, 3.63) is 53.3 Å². The molecular weight excluding hydrogens is 257 g/mol. The van der Waals surface area contributed by atoms with Crippen LogP contribution in [-0.2, 0) is 6.42 Å². The monoisotopic (exact) mass is 273 g/mol. The maximum atomic E-state index is 13.3. The minimum atomic E-state index is -0.205. The van der Waals surface area contributed by atoms with Crippen molar-refractivity contribution in [2.45, 2.75) is 12.5 Å². The zero-order chi connectivity index (χ0) is 14.1. The number of anilines is 1. The lowest BCUT2D eigenvalue weighted by Gasteiger charge is -2.16. The van der Waals surface area contributed by atoms with Gasteiger partial charge in [0.1, 0.15) is 17.3 Å². The predicted molar refractivity (Wildman–Crippen MR) is 76.0 cm³/mol. The molecule has 1 aliphatic rings. The molecule has 0 saturated carbocycles. The largest absolute Gasteiger partial charge is 0.497 e. The van der Waals surface area contributed by atoms with Crippen LogP contribution in [0, 0.1) is 5.82 Å². The molecule has 0 aromatic heterocycles. The average Bonchev–Trinajstić information content (AvgIpc) is 2.89. The zero-order valence-electron chi connectivity index (χ0n) is 11.4. The summed E-state index contributed by atoms with van der Waals surface area (Å²) < 4.78 is 24.0. The van der Waals surface area contributed by atoms with Crippen LogP contribution in [0.15, 0.2) is 36.4 Å². The first kappa shape index (κ1) is 12.8. The van der Waals surface area contributed by atoms with Crippen molar-refractivity contribution in [3.63, 3.8) is 0 Å². The van der Waals surface area contributed by atoms with E-state index in [4.69, 9.17) is 9.47 Å². The number of benzene rings is 2. The summed E-state index contributed by atoms with van der Waals surface area (Å²) in [6.45, 7) is 0. The highest BCUT2D eigenvalue weighted by molar-refractivity contribution is 5.60. The smallest absolute Gasteiger partial charge is 0.124 e. The Labute approximate surface area is 117 Å². The van der Waals surface area contributed by atoms with Crippen molar-refractivity contribution < 1.29 is 13.9 Å². The second kappa shape index (κ2) is 5.04. The van der Waals surface area contributed by atoms with Gasteiger partial charge in [0.15, 0.2) is 0 Å². The summed E-state index contributed by atoms with van der Waals surface area (Å²) in [6, 6.07) is 10.6. The Morgan fingerprint density at radius 1 is 1.10 bits per heavy atom. The van der Waals surface area contributed by atoms with Gasteiger partial charge >= 0.3 is 0 Å². The number of hydrogen-bond acceptors (Lipinski definition) is 3. The van der Waals surface area contributed by atoms with E-state index in [2.05, 4.69) is 5.32 Å². The van der Waals surface area contributed by atoms with Gasteiger partial charge in [-0.25, -0.2) is 4.39 Å². The molecule has 20 heavy (non-hydrogen) atoms. The van der Waals surface area contributed by atoms with Crippen LogP contribution in [0.3, 0.4) is 0 Å². The third kappa shape index (κ3) is 2.18. The van der Waals surface area contributed by atoms with E-state index in [0.717, 1.165) is 34.7 Å². The number of halogens is 1. The molecule has 1 N–H and O–H groups in total. The van der Waals surface area contributed by atoms with E-state index >= 15 is 0 Å². The standard InChI is InChI=1S/C16H16FNO2/c1-19-12-4-6-16(20-2)13(9-12)15-8-10-7-11(17)3-5-14(10)18-15/h3-7,9,15,18H,8H2,1-2H3. The fraction of sp³-hybridized carbons (Fsp3) is 0.250. The van der Waals surface area contributed by atoms with Crippen molar-refractivity contribution in [2.75, 3.05) is 19.5 Å². The van der Waals surface area contributed by atoms with Gasteiger partial charge in [0, 0.05) is 11.3 Å². The summed E-state index contributed by atoms with van der Waals surface area (Å²) in [6.07, 6.45) is 0.733. The van der Waals surface area contributed by atoms with Gasteiger partial charge in [0.05, 0.1) is 20.3 Å². The number of rotatable bonds is 3. The van der Waals surface area contributed by atoms with Gasteiger partial charge in [-0.3, -0.25) is 0 Å². The Balaban J connectivity index is 1.95. The van der Waals surface area contributed by atoms with Crippen LogP contribution in [0.5, 0.6) is 11.5 Å². The van der Waals surface area contributed by atoms with Crippen LogP contribution < -0.4 is 14.8 Å². The first-order valence-electron chi connectivity index (χ1n) is 6.48. The molecule has 1 atom stereocenters. The molecule has 0 fully saturated rings. The Morgan fingerprint density at radius 3 is 2.70 bits per heavy atom. The van der Waals surface area contributed by atoms with Gasteiger partial charge in [0.25, 0.3) is 0 Å². The Kier molecular flexibility index (Phi) is 3.22. The van der Waals surface area contributed by atoms with Crippen LogP contribution in [0.2, 0.25) is 0 Å². The summed E-state index contributed by atoms with van der Waals surface area (Å²) in [4.78, 5) is 0. The fourth-order valence-electron chi connectivity index (χ4n) is 2.63. The molecule has 0 amide bonds. The zero-order valence-corrected chi connectivity index (χ0v) is 11.4. The number of methoxy groups -OCH3 is 2. The highest BCUT2D eigenvalue weighted by Gasteiger charge is 2.25. The van der Waals surface area contributed by atoms with E-state index in [-0.39, 0.29) is 11.9 Å². The molecule has 0 bridgehead atoms. The molecule has 3 rings (SSSR count). The van der Waals surface area contributed by atoms with Crippen LogP contribution in [-0.4, -0.2) is 14.2 Å². The SMILES string of the molecule is COc1ccc(OC)c(C2Cc3cc(F)ccc3N2)c1. The highest BCUT2D eigenvalue weighted by atomic mass is 19.1. The maximum absolute atomic E-state index is 13.3. The number of nitrogens with one attached hydrogen (secondary N) is 1. The summed E-state index contributed by atoms with van der Waals surface area (Å²) >= 11 is 0. The van der Waals surface area contributed by atoms with Crippen LogP contribution in [0.1, 0.15) is 17.2 Å². The second-order valence-corrected chi connectivity index (χ2v) is 4.81. The van der Waals surface area contributed by atoms with E-state index in [0.29, 0.717) is 0 Å². The topological polar surface area (TPSA) is 30.5 Å². The number of ether oxygens (including phenoxy) is 2. The minimum Gasteiger partial charge on any atom is -0.497 e. The second-order valence-electron chi connectivity index (χ2n) is 4.81. The molecule has 1 unspecified atom stereocenters. The van der Waals surface area contributed by atoms with Crippen LogP contribution in [0.4, 0.5) is 10.1 Å². The van der Waals surface area contributed by atoms with Gasteiger partial charge < -0.3 is 14.8 Å². The van der Waals surface area contributed by atoms with Gasteiger partial charge in [-0.05, 0) is 48.4 Å². The third-order valence-electron chi connectivity index (χ3n) is 3.63. The van der Waals surface area contributed by atoms with Gasteiger partial charge in [-0.1, -0.05) is 0 Å². The van der Waals surface area contributed by atoms with Crippen LogP contribution in [0.25, 0.3) is 0 Å². The lowest BCUT2D eigenvalue weighted by Crippen LogP contribution is -2.07. The predicted octanol–water partition coefficient (Wildman–Crippen LogP) is 3.55. The molecule has 2 aromatic rings. The molecule has 3 nitrogen and oxygen atoms in total. The number of fused-ring (bicyclic) bond motifs is 1. The molecule has 0 radical (unpaired) electrons. The molecule has 0 aliphatic carbocycles. The summed E-state index contributed by atoms with van der Waals surface area (Å²) in [5.41, 5.74) is 2.98. The van der Waals surface area contributed by atoms with Crippen molar-refractivity contribution in [3.8, 4) is 11.5 Å². The van der Waals surface area contributed by atoms with Crippen LogP contribution >= 0.6 is 0 Å². The number of hydrogen-bond donors (Lipinski definition) is 1. The highest BCUT2D eigenvalue weighted by Crippen LogP contribution is 2.39. The fourth-order valence-corrected chi connectivity index (χ4v) is 2.63. The molecule has 104 valence electrons. The van der Waals surface area contributed by atoms with Crippen molar-refractivity contribution >= 4 is 5.69 Å². The van der Waals surface area contributed by atoms with E-state index in [9.17, 15) is 4.39 Å². The molecule has 1 aliphatic heterocycles. The molecule has 0 spiro atoms. The van der Waals surface area contributed by atoms with E-state index in [1.807, 2.05) is 18.2 Å². The Hall–Kier alpha value is -2.23. The molecule has 0 saturated heterocycles. The maximum Gasteiger partial charge on any atom is 0.124 e. The van der Waals surface area contributed by atoms with Gasteiger partial charge in [-0.15, -0.1) is 0 Å². The molecule has 4 heteroatoms. The Bertz CT molecular complexity index is 642.